The van der Waals surface area contributed by atoms with Crippen LogP contribution in [-0.4, -0.2) is 46.8 Å². The Morgan fingerprint density at radius 2 is 1.96 bits per heavy atom. The molecule has 0 unspecified atom stereocenters. The van der Waals surface area contributed by atoms with Gasteiger partial charge in [-0.3, -0.25) is 4.79 Å². The molecule has 0 radical (unpaired) electrons. The van der Waals surface area contributed by atoms with Gasteiger partial charge in [0, 0.05) is 38.2 Å². The van der Waals surface area contributed by atoms with Gasteiger partial charge in [-0.1, -0.05) is 12.1 Å². The first-order valence-corrected chi connectivity index (χ1v) is 8.68. The molecular formula is C19H23N3O3. The average molecular weight is 341 g/mol. The molecule has 1 aliphatic heterocycles. The molecule has 1 aliphatic rings. The van der Waals surface area contributed by atoms with Crippen LogP contribution in [0.2, 0.25) is 0 Å². The molecule has 6 nitrogen and oxygen atoms in total. The summed E-state index contributed by atoms with van der Waals surface area (Å²) in [5, 5.41) is 7.75. The minimum atomic E-state index is 0.0891. The van der Waals surface area contributed by atoms with Crippen LogP contribution in [-0.2, 0) is 11.2 Å². The van der Waals surface area contributed by atoms with Gasteiger partial charge in [-0.05, 0) is 30.7 Å². The number of rotatable bonds is 6. The van der Waals surface area contributed by atoms with Gasteiger partial charge < -0.3 is 14.4 Å². The highest BCUT2D eigenvalue weighted by Gasteiger charge is 2.24. The standard InChI is InChI=1S/C19H23N3O3/c1-2-24-16-7-5-15(6-8-16)14-19(23)22-12-9-17(10-13-22)25-18-4-3-11-20-21-18/h3-8,11,17H,2,9-10,12-14H2,1H3. The van der Waals surface area contributed by atoms with Crippen LogP contribution in [0.25, 0.3) is 0 Å². The highest BCUT2D eigenvalue weighted by Crippen LogP contribution is 2.18. The molecule has 0 atom stereocenters. The highest BCUT2D eigenvalue weighted by atomic mass is 16.5. The number of ether oxygens (including phenoxy) is 2. The van der Waals surface area contributed by atoms with Gasteiger partial charge in [-0.25, -0.2) is 0 Å². The molecule has 0 bridgehead atoms. The molecule has 1 aromatic carbocycles. The van der Waals surface area contributed by atoms with E-state index in [2.05, 4.69) is 10.2 Å². The lowest BCUT2D eigenvalue weighted by Gasteiger charge is -2.32. The predicted octanol–water partition coefficient (Wildman–Crippen LogP) is 2.49. The Morgan fingerprint density at radius 3 is 2.60 bits per heavy atom. The van der Waals surface area contributed by atoms with E-state index in [1.165, 1.54) is 0 Å². The largest absolute Gasteiger partial charge is 0.494 e. The van der Waals surface area contributed by atoms with Gasteiger partial charge in [0.2, 0.25) is 11.8 Å². The number of aromatic nitrogens is 2. The van der Waals surface area contributed by atoms with E-state index in [0.29, 0.717) is 32.0 Å². The van der Waals surface area contributed by atoms with Gasteiger partial charge in [0.05, 0.1) is 13.0 Å². The van der Waals surface area contributed by atoms with E-state index >= 15 is 0 Å². The maximum absolute atomic E-state index is 12.5. The van der Waals surface area contributed by atoms with E-state index in [9.17, 15) is 4.79 Å². The zero-order chi connectivity index (χ0) is 17.5. The molecule has 6 heteroatoms. The van der Waals surface area contributed by atoms with E-state index < -0.39 is 0 Å². The van der Waals surface area contributed by atoms with Gasteiger partial charge in [-0.15, -0.1) is 5.10 Å². The van der Waals surface area contributed by atoms with Crippen molar-refractivity contribution in [2.24, 2.45) is 0 Å². The Balaban J connectivity index is 1.46. The van der Waals surface area contributed by atoms with Crippen molar-refractivity contribution < 1.29 is 14.3 Å². The second-order valence-electron chi connectivity index (χ2n) is 6.01. The second-order valence-corrected chi connectivity index (χ2v) is 6.01. The summed E-state index contributed by atoms with van der Waals surface area (Å²) in [6.45, 7) is 4.01. The first-order valence-electron chi connectivity index (χ1n) is 8.68. The molecule has 2 aromatic rings. The van der Waals surface area contributed by atoms with Crippen LogP contribution < -0.4 is 9.47 Å². The Labute approximate surface area is 147 Å². The minimum Gasteiger partial charge on any atom is -0.494 e. The van der Waals surface area contributed by atoms with Gasteiger partial charge in [0.15, 0.2) is 0 Å². The fraction of sp³-hybridized carbons (Fsp3) is 0.421. The Kier molecular flexibility index (Phi) is 5.82. The molecule has 2 heterocycles. The summed E-state index contributed by atoms with van der Waals surface area (Å²) in [5.74, 6) is 1.53. The summed E-state index contributed by atoms with van der Waals surface area (Å²) in [6.07, 6.45) is 3.75. The van der Waals surface area contributed by atoms with E-state index in [-0.39, 0.29) is 12.0 Å². The number of nitrogens with zero attached hydrogens (tertiary/aromatic N) is 3. The second kappa shape index (κ2) is 8.46. The number of carbonyl (C=O) groups is 1. The van der Waals surface area contributed by atoms with Crippen molar-refractivity contribution in [3.63, 3.8) is 0 Å². The molecule has 3 rings (SSSR count). The molecule has 0 spiro atoms. The summed E-state index contributed by atoms with van der Waals surface area (Å²) in [5.41, 5.74) is 1.01. The van der Waals surface area contributed by atoms with Gasteiger partial charge >= 0.3 is 0 Å². The van der Waals surface area contributed by atoms with E-state index in [1.54, 1.807) is 18.3 Å². The van der Waals surface area contributed by atoms with Crippen LogP contribution in [0.5, 0.6) is 11.6 Å². The fourth-order valence-corrected chi connectivity index (χ4v) is 2.90. The van der Waals surface area contributed by atoms with E-state index in [0.717, 1.165) is 24.2 Å². The first kappa shape index (κ1) is 17.2. The maximum Gasteiger partial charge on any atom is 0.233 e. The van der Waals surface area contributed by atoms with Crippen molar-refractivity contribution in [3.05, 3.63) is 48.2 Å². The molecule has 0 saturated carbocycles. The Hall–Kier alpha value is -2.63. The number of likely N-dealkylation sites (tertiary alicyclic amines) is 1. The van der Waals surface area contributed by atoms with Crippen LogP contribution in [0.4, 0.5) is 0 Å². The van der Waals surface area contributed by atoms with Gasteiger partial charge in [0.1, 0.15) is 11.9 Å². The Morgan fingerprint density at radius 1 is 1.20 bits per heavy atom. The van der Waals surface area contributed by atoms with Crippen LogP contribution >= 0.6 is 0 Å². The quantitative estimate of drug-likeness (QED) is 0.808. The Bertz CT molecular complexity index is 668. The number of hydrogen-bond acceptors (Lipinski definition) is 5. The molecule has 1 amide bonds. The summed E-state index contributed by atoms with van der Waals surface area (Å²) >= 11 is 0. The molecule has 1 aromatic heterocycles. The van der Waals surface area contributed by atoms with Crippen molar-refractivity contribution in [1.29, 1.82) is 0 Å². The average Bonchev–Trinajstić information content (AvgIpc) is 2.65. The molecule has 1 saturated heterocycles. The zero-order valence-corrected chi connectivity index (χ0v) is 14.4. The highest BCUT2D eigenvalue weighted by molar-refractivity contribution is 5.78. The molecule has 0 N–H and O–H groups in total. The van der Waals surface area contributed by atoms with Crippen molar-refractivity contribution in [2.75, 3.05) is 19.7 Å². The maximum atomic E-state index is 12.5. The van der Waals surface area contributed by atoms with Crippen molar-refractivity contribution in [2.45, 2.75) is 32.3 Å². The summed E-state index contributed by atoms with van der Waals surface area (Å²) in [4.78, 5) is 14.4. The van der Waals surface area contributed by atoms with Crippen LogP contribution in [0.15, 0.2) is 42.6 Å². The summed E-state index contributed by atoms with van der Waals surface area (Å²) < 4.78 is 11.2. The van der Waals surface area contributed by atoms with Crippen LogP contribution in [0, 0.1) is 0 Å². The molecule has 25 heavy (non-hydrogen) atoms. The van der Waals surface area contributed by atoms with E-state index in [1.807, 2.05) is 36.1 Å². The molecule has 1 fully saturated rings. The summed E-state index contributed by atoms with van der Waals surface area (Å²) in [7, 11) is 0. The SMILES string of the molecule is CCOc1ccc(CC(=O)N2CCC(Oc3cccnn3)CC2)cc1. The lowest BCUT2D eigenvalue weighted by atomic mass is 10.1. The number of hydrogen-bond donors (Lipinski definition) is 0. The molecular weight excluding hydrogens is 318 g/mol. The number of piperidine rings is 1. The lowest BCUT2D eigenvalue weighted by molar-refractivity contribution is -0.132. The third kappa shape index (κ3) is 4.92. The monoisotopic (exact) mass is 341 g/mol. The smallest absolute Gasteiger partial charge is 0.233 e. The van der Waals surface area contributed by atoms with Gasteiger partial charge in [0.25, 0.3) is 0 Å². The number of carbonyl (C=O) groups excluding carboxylic acids is 1. The van der Waals surface area contributed by atoms with Crippen molar-refractivity contribution >= 4 is 5.91 Å². The minimum absolute atomic E-state index is 0.0891. The zero-order valence-electron chi connectivity index (χ0n) is 14.4. The number of benzene rings is 1. The number of amides is 1. The van der Waals surface area contributed by atoms with Crippen LogP contribution in [0.3, 0.4) is 0 Å². The predicted molar refractivity (Wildman–Crippen MR) is 93.6 cm³/mol. The molecule has 0 aliphatic carbocycles. The van der Waals surface area contributed by atoms with Crippen molar-refractivity contribution in [3.8, 4) is 11.6 Å². The first-order chi connectivity index (χ1) is 12.2. The normalized spacial score (nSPS) is 15.0. The topological polar surface area (TPSA) is 64.5 Å². The fourth-order valence-electron chi connectivity index (χ4n) is 2.90. The lowest BCUT2D eigenvalue weighted by Crippen LogP contribution is -2.42. The van der Waals surface area contributed by atoms with Crippen LogP contribution in [0.1, 0.15) is 25.3 Å². The van der Waals surface area contributed by atoms with Crippen molar-refractivity contribution in [1.82, 2.24) is 15.1 Å². The van der Waals surface area contributed by atoms with Gasteiger partial charge in [-0.2, -0.15) is 5.10 Å². The molecule has 132 valence electrons. The summed E-state index contributed by atoms with van der Waals surface area (Å²) in [6, 6.07) is 11.3. The third-order valence-corrected chi connectivity index (χ3v) is 4.22. The third-order valence-electron chi connectivity index (χ3n) is 4.22. The van der Waals surface area contributed by atoms with E-state index in [4.69, 9.17) is 9.47 Å².